The van der Waals surface area contributed by atoms with Crippen LogP contribution in [0.15, 0.2) is 36.4 Å². The molecule has 0 unspecified atom stereocenters. The normalized spacial score (nSPS) is 17.6. The zero-order valence-electron chi connectivity index (χ0n) is 16.4. The first-order chi connectivity index (χ1) is 14.6. The third-order valence-corrected chi connectivity index (χ3v) is 5.98. The number of benzene rings is 2. The Hall–Kier alpha value is -2.35. The minimum Gasteiger partial charge on any atom is -0.456 e. The third kappa shape index (κ3) is 4.38. The first kappa shape index (κ1) is 20.9. The lowest BCUT2D eigenvalue weighted by molar-refractivity contribution is -0.144. The van der Waals surface area contributed by atoms with E-state index in [2.05, 4.69) is 21.2 Å². The van der Waals surface area contributed by atoms with Gasteiger partial charge in [0.2, 0.25) is 0 Å². The number of carbonyl (C=O) groups excluding carboxylic acids is 3. The van der Waals surface area contributed by atoms with Gasteiger partial charge in [-0.3, -0.25) is 14.4 Å². The van der Waals surface area contributed by atoms with Crippen molar-refractivity contribution in [3.8, 4) is 11.1 Å². The van der Waals surface area contributed by atoms with Crippen LogP contribution in [-0.4, -0.2) is 42.1 Å². The second-order valence-corrected chi connectivity index (χ2v) is 8.03. The van der Waals surface area contributed by atoms with Gasteiger partial charge in [-0.15, -0.1) is 0 Å². The number of halogens is 1. The number of esters is 1. The van der Waals surface area contributed by atoms with Crippen LogP contribution in [-0.2, 0) is 27.5 Å². The maximum absolute atomic E-state index is 12.6. The molecule has 7 heteroatoms. The van der Waals surface area contributed by atoms with Crippen LogP contribution in [0.1, 0.15) is 44.7 Å². The third-order valence-electron chi connectivity index (χ3n) is 5.47. The number of fused-ring (bicyclic) bond motifs is 3. The monoisotopic (exact) mass is 471 g/mol. The zero-order chi connectivity index (χ0) is 21.1. The molecule has 2 aromatic rings. The van der Waals surface area contributed by atoms with E-state index in [9.17, 15) is 14.4 Å². The molecular formula is C23H22BrNO5. The van der Waals surface area contributed by atoms with E-state index in [4.69, 9.17) is 9.47 Å². The summed E-state index contributed by atoms with van der Waals surface area (Å²) in [5.41, 5.74) is 4.93. The van der Waals surface area contributed by atoms with Crippen molar-refractivity contribution in [3.05, 3.63) is 58.7 Å². The maximum atomic E-state index is 12.6. The van der Waals surface area contributed by atoms with E-state index >= 15 is 0 Å². The summed E-state index contributed by atoms with van der Waals surface area (Å²) in [5.74, 6) is -0.598. The Labute approximate surface area is 183 Å². The number of alkyl halides is 1. The van der Waals surface area contributed by atoms with Crippen molar-refractivity contribution in [3.63, 3.8) is 0 Å². The first-order valence-corrected chi connectivity index (χ1v) is 11.1. The Morgan fingerprint density at radius 3 is 2.20 bits per heavy atom. The number of hydrogen-bond donors (Lipinski definition) is 1. The van der Waals surface area contributed by atoms with Gasteiger partial charge in [-0.1, -0.05) is 40.2 Å². The standard InChI is InChI=1S/C23H22BrNO5/c24-10-21(26)14-3-5-18-16(8-14)11-29-12-17-9-15(4-6-19(17)18)22(27)13-30-23(28)20-2-1-7-25-20/h3-6,8-9,20,25H,1-2,7,10-13H2/t20-/m0/s1. The average Bonchev–Trinajstić information content (AvgIpc) is 3.25. The van der Waals surface area contributed by atoms with E-state index in [1.165, 1.54) is 0 Å². The second kappa shape index (κ2) is 9.20. The van der Waals surface area contributed by atoms with E-state index in [1.807, 2.05) is 24.3 Å². The summed E-state index contributed by atoms with van der Waals surface area (Å²) in [6.07, 6.45) is 1.68. The summed E-state index contributed by atoms with van der Waals surface area (Å²) in [4.78, 5) is 36.5. The number of nitrogens with one attached hydrogen (secondary N) is 1. The van der Waals surface area contributed by atoms with Gasteiger partial charge in [0.15, 0.2) is 18.2 Å². The van der Waals surface area contributed by atoms with Crippen LogP contribution >= 0.6 is 15.9 Å². The summed E-state index contributed by atoms with van der Waals surface area (Å²) in [6.45, 7) is 1.28. The molecule has 0 saturated carbocycles. The highest BCUT2D eigenvalue weighted by molar-refractivity contribution is 9.09. The highest BCUT2D eigenvalue weighted by Crippen LogP contribution is 2.33. The Kier molecular flexibility index (Phi) is 6.41. The van der Waals surface area contributed by atoms with Crippen molar-refractivity contribution in [2.24, 2.45) is 0 Å². The molecule has 2 aromatic carbocycles. The lowest BCUT2D eigenvalue weighted by Gasteiger charge is -2.12. The molecule has 0 radical (unpaired) electrons. The lowest BCUT2D eigenvalue weighted by atomic mass is 9.93. The molecule has 0 aliphatic carbocycles. The molecule has 2 heterocycles. The molecule has 156 valence electrons. The van der Waals surface area contributed by atoms with Crippen molar-refractivity contribution in [2.45, 2.75) is 32.1 Å². The Morgan fingerprint density at radius 1 is 1.00 bits per heavy atom. The number of rotatable bonds is 6. The van der Waals surface area contributed by atoms with Crippen molar-refractivity contribution < 1.29 is 23.9 Å². The van der Waals surface area contributed by atoms with Crippen molar-refractivity contribution in [1.82, 2.24) is 5.32 Å². The molecule has 0 aromatic heterocycles. The van der Waals surface area contributed by atoms with Gasteiger partial charge >= 0.3 is 5.97 Å². The minimum atomic E-state index is -0.373. The number of hydrogen-bond acceptors (Lipinski definition) is 6. The number of ketones is 2. The lowest BCUT2D eigenvalue weighted by Crippen LogP contribution is -2.33. The number of Topliss-reactive ketones (excluding diaryl/α,β-unsaturated/α-hetero) is 2. The molecule has 4 rings (SSSR count). The molecule has 0 spiro atoms. The molecule has 6 nitrogen and oxygen atoms in total. The fraction of sp³-hybridized carbons (Fsp3) is 0.348. The van der Waals surface area contributed by atoms with Gasteiger partial charge in [0.25, 0.3) is 0 Å². The molecule has 30 heavy (non-hydrogen) atoms. The van der Waals surface area contributed by atoms with Crippen molar-refractivity contribution >= 4 is 33.5 Å². The summed E-state index contributed by atoms with van der Waals surface area (Å²) >= 11 is 3.20. The fourth-order valence-electron chi connectivity index (χ4n) is 3.85. The number of carbonyl (C=O) groups is 3. The van der Waals surface area contributed by atoms with Crippen LogP contribution < -0.4 is 5.32 Å². The Balaban J connectivity index is 1.52. The Morgan fingerprint density at radius 2 is 1.63 bits per heavy atom. The topological polar surface area (TPSA) is 81.7 Å². The van der Waals surface area contributed by atoms with E-state index in [0.717, 1.165) is 41.6 Å². The van der Waals surface area contributed by atoms with Crippen molar-refractivity contribution in [2.75, 3.05) is 18.5 Å². The van der Waals surface area contributed by atoms with Crippen molar-refractivity contribution in [1.29, 1.82) is 0 Å². The molecule has 0 amide bonds. The van der Waals surface area contributed by atoms with Crippen LogP contribution in [0.2, 0.25) is 0 Å². The average molecular weight is 472 g/mol. The smallest absolute Gasteiger partial charge is 0.323 e. The van der Waals surface area contributed by atoms with Gasteiger partial charge in [-0.2, -0.15) is 0 Å². The minimum absolute atomic E-state index is 0.0190. The Bertz CT molecular complexity index is 997. The molecule has 0 bridgehead atoms. The highest BCUT2D eigenvalue weighted by atomic mass is 79.9. The summed E-state index contributed by atoms with van der Waals surface area (Å²) in [5, 5.41) is 3.34. The van der Waals surface area contributed by atoms with Gasteiger partial charge in [-0.05, 0) is 53.8 Å². The van der Waals surface area contributed by atoms with E-state index in [-0.39, 0.29) is 35.5 Å². The van der Waals surface area contributed by atoms with Crippen LogP contribution in [0.5, 0.6) is 0 Å². The molecule has 1 fully saturated rings. The molecule has 1 atom stereocenters. The highest BCUT2D eigenvalue weighted by Gasteiger charge is 2.24. The number of ether oxygens (including phenoxy) is 2. The molecule has 2 aliphatic heterocycles. The second-order valence-electron chi connectivity index (χ2n) is 7.47. The van der Waals surface area contributed by atoms with E-state index in [1.54, 1.807) is 12.1 Å². The molecular weight excluding hydrogens is 450 g/mol. The SMILES string of the molecule is O=C(CBr)c1ccc2c(c1)COCc1cc(C(=O)COC(=O)[C@@H]3CCCN3)ccc1-2. The van der Waals surface area contributed by atoms with Gasteiger partial charge in [0.05, 0.1) is 18.5 Å². The molecule has 1 saturated heterocycles. The van der Waals surface area contributed by atoms with Crippen LogP contribution in [0.25, 0.3) is 11.1 Å². The van der Waals surface area contributed by atoms with Gasteiger partial charge in [0.1, 0.15) is 6.04 Å². The van der Waals surface area contributed by atoms with Gasteiger partial charge < -0.3 is 14.8 Å². The zero-order valence-corrected chi connectivity index (χ0v) is 18.0. The summed E-state index contributed by atoms with van der Waals surface area (Å²) in [6, 6.07) is 10.7. The van der Waals surface area contributed by atoms with Crippen LogP contribution in [0, 0.1) is 0 Å². The first-order valence-electron chi connectivity index (χ1n) is 9.93. The van der Waals surface area contributed by atoms with Crippen LogP contribution in [0.3, 0.4) is 0 Å². The van der Waals surface area contributed by atoms with Gasteiger partial charge in [0, 0.05) is 11.1 Å². The van der Waals surface area contributed by atoms with E-state index < -0.39 is 0 Å². The quantitative estimate of drug-likeness (QED) is 0.394. The van der Waals surface area contributed by atoms with Gasteiger partial charge in [-0.25, -0.2) is 0 Å². The largest absolute Gasteiger partial charge is 0.456 e. The molecule has 2 aliphatic rings. The predicted octanol–water partition coefficient (Wildman–Crippen LogP) is 3.44. The summed E-state index contributed by atoms with van der Waals surface area (Å²) < 4.78 is 11.0. The van der Waals surface area contributed by atoms with Crippen LogP contribution in [0.4, 0.5) is 0 Å². The molecule has 1 N–H and O–H groups in total. The summed E-state index contributed by atoms with van der Waals surface area (Å²) in [7, 11) is 0. The maximum Gasteiger partial charge on any atom is 0.323 e. The van der Waals surface area contributed by atoms with E-state index in [0.29, 0.717) is 24.3 Å². The fourth-order valence-corrected chi connectivity index (χ4v) is 4.18. The predicted molar refractivity (Wildman–Crippen MR) is 115 cm³/mol.